The minimum atomic E-state index is 0.321. The molecule has 0 amide bonds. The van der Waals surface area contributed by atoms with Gasteiger partial charge in [0.1, 0.15) is 5.52 Å². The molecule has 14 heavy (non-hydrogen) atoms. The molecule has 2 rings (SSSR count). The van der Waals surface area contributed by atoms with Crippen molar-refractivity contribution in [2.24, 2.45) is 5.16 Å². The first kappa shape index (κ1) is 8.43. The Balaban J connectivity index is 2.72. The second-order valence-electron chi connectivity index (χ2n) is 2.72. The van der Waals surface area contributed by atoms with Gasteiger partial charge in [0.25, 0.3) is 0 Å². The number of hydrogen-bond acceptors (Lipinski definition) is 4. The molecule has 1 heterocycles. The van der Waals surface area contributed by atoms with Crippen LogP contribution in [0.4, 0.5) is 0 Å². The highest BCUT2D eigenvalue weighted by atomic mass is 16.5. The molecule has 5 heteroatoms. The molecule has 0 spiro atoms. The largest absolute Gasteiger partial charge is 0.618 e. The predicted octanol–water partition coefficient (Wildman–Crippen LogP) is 0.676. The lowest BCUT2D eigenvalue weighted by atomic mass is 10.3. The zero-order valence-corrected chi connectivity index (χ0v) is 7.16. The van der Waals surface area contributed by atoms with Crippen LogP contribution in [0, 0.1) is 5.21 Å². The van der Waals surface area contributed by atoms with Crippen molar-refractivity contribution in [2.45, 2.75) is 0 Å². The summed E-state index contributed by atoms with van der Waals surface area (Å²) in [5, 5.41) is 22.5. The molecule has 1 aromatic heterocycles. The molecule has 70 valence electrons. The summed E-state index contributed by atoms with van der Waals surface area (Å²) in [7, 11) is 0. The Kier molecular flexibility index (Phi) is 1.98. The molecular formula is C9H7N3O2. The lowest BCUT2D eigenvalue weighted by Crippen LogP contribution is -2.28. The molecular weight excluding hydrogens is 182 g/mol. The molecule has 0 atom stereocenters. The van der Waals surface area contributed by atoms with Gasteiger partial charge < -0.3 is 10.4 Å². The van der Waals surface area contributed by atoms with Crippen molar-refractivity contribution < 1.29 is 9.94 Å². The third-order valence-corrected chi connectivity index (χ3v) is 1.81. The highest BCUT2D eigenvalue weighted by Crippen LogP contribution is 2.05. The van der Waals surface area contributed by atoms with E-state index in [1.807, 2.05) is 0 Å². The first-order valence-electron chi connectivity index (χ1n) is 3.97. The molecule has 0 saturated carbocycles. The van der Waals surface area contributed by atoms with E-state index in [0.717, 1.165) is 6.21 Å². The van der Waals surface area contributed by atoms with E-state index in [2.05, 4.69) is 10.1 Å². The monoisotopic (exact) mass is 189 g/mol. The highest BCUT2D eigenvalue weighted by Gasteiger charge is 2.05. The Bertz CT molecular complexity index is 496. The van der Waals surface area contributed by atoms with Crippen LogP contribution < -0.4 is 4.73 Å². The van der Waals surface area contributed by atoms with Crippen LogP contribution >= 0.6 is 0 Å². The van der Waals surface area contributed by atoms with Gasteiger partial charge in [0.05, 0.1) is 6.21 Å². The third-order valence-electron chi connectivity index (χ3n) is 1.81. The molecule has 0 saturated heterocycles. The molecule has 0 aliphatic rings. The van der Waals surface area contributed by atoms with Gasteiger partial charge in [-0.1, -0.05) is 17.3 Å². The number of fused-ring (bicyclic) bond motifs is 1. The maximum Gasteiger partial charge on any atom is 0.242 e. The van der Waals surface area contributed by atoms with E-state index in [0.29, 0.717) is 21.5 Å². The van der Waals surface area contributed by atoms with Gasteiger partial charge in [0.2, 0.25) is 11.7 Å². The van der Waals surface area contributed by atoms with E-state index in [1.54, 1.807) is 24.3 Å². The van der Waals surface area contributed by atoms with Gasteiger partial charge in [-0.05, 0) is 6.07 Å². The molecule has 0 aliphatic carbocycles. The Morgan fingerprint density at radius 1 is 1.43 bits per heavy atom. The van der Waals surface area contributed by atoms with E-state index >= 15 is 0 Å². The van der Waals surface area contributed by atoms with Crippen LogP contribution in [-0.2, 0) is 0 Å². The van der Waals surface area contributed by atoms with Gasteiger partial charge in [0, 0.05) is 6.07 Å². The van der Waals surface area contributed by atoms with Crippen molar-refractivity contribution in [1.82, 2.24) is 4.98 Å². The molecule has 0 unspecified atom stereocenters. The fourth-order valence-corrected chi connectivity index (χ4v) is 1.22. The number of aromatic nitrogens is 2. The second kappa shape index (κ2) is 3.29. The Labute approximate surface area is 79.5 Å². The van der Waals surface area contributed by atoms with E-state index in [-0.39, 0.29) is 0 Å². The molecule has 1 N–H and O–H groups in total. The average molecular weight is 189 g/mol. The van der Waals surface area contributed by atoms with E-state index in [1.165, 1.54) is 6.20 Å². The molecule has 5 nitrogen and oxygen atoms in total. The first-order valence-corrected chi connectivity index (χ1v) is 3.97. The average Bonchev–Trinajstić information content (AvgIpc) is 2.18. The lowest BCUT2D eigenvalue weighted by molar-refractivity contribution is -0.577. The van der Waals surface area contributed by atoms with Gasteiger partial charge in [0.15, 0.2) is 5.69 Å². The molecule has 0 aliphatic heterocycles. The highest BCUT2D eigenvalue weighted by molar-refractivity contribution is 5.79. The van der Waals surface area contributed by atoms with Gasteiger partial charge in [-0.15, -0.1) is 0 Å². The van der Waals surface area contributed by atoms with Crippen molar-refractivity contribution in [3.63, 3.8) is 0 Å². The van der Waals surface area contributed by atoms with Crippen LogP contribution in [0.15, 0.2) is 35.6 Å². The topological polar surface area (TPSA) is 72.4 Å². The zero-order valence-electron chi connectivity index (χ0n) is 7.16. The van der Waals surface area contributed by atoms with Crippen molar-refractivity contribution in [2.75, 3.05) is 0 Å². The number of oxime groups is 1. The van der Waals surface area contributed by atoms with Crippen LogP contribution in [0.25, 0.3) is 11.0 Å². The summed E-state index contributed by atoms with van der Waals surface area (Å²) in [4.78, 5) is 4.10. The minimum absolute atomic E-state index is 0.321. The summed E-state index contributed by atoms with van der Waals surface area (Å²) in [5.41, 5.74) is 1.38. The summed E-state index contributed by atoms with van der Waals surface area (Å²) in [5.74, 6) is 0. The Hall–Kier alpha value is -2.17. The van der Waals surface area contributed by atoms with Crippen LogP contribution in [-0.4, -0.2) is 16.4 Å². The van der Waals surface area contributed by atoms with Crippen molar-refractivity contribution in [3.05, 3.63) is 41.4 Å². The molecule has 0 radical (unpaired) electrons. The van der Waals surface area contributed by atoms with E-state index < -0.39 is 0 Å². The minimum Gasteiger partial charge on any atom is -0.618 e. The fraction of sp³-hybridized carbons (Fsp3) is 0. The number of benzene rings is 1. The molecule has 0 fully saturated rings. The second-order valence-corrected chi connectivity index (χ2v) is 2.72. The SMILES string of the molecule is [O-][n+]1cc(/C=N/O)nc2ccccc21. The lowest BCUT2D eigenvalue weighted by Gasteiger charge is -2.00. The maximum absolute atomic E-state index is 11.4. The summed E-state index contributed by atoms with van der Waals surface area (Å²) in [6.45, 7) is 0. The fourth-order valence-electron chi connectivity index (χ4n) is 1.22. The van der Waals surface area contributed by atoms with Gasteiger partial charge in [-0.25, -0.2) is 4.98 Å². The smallest absolute Gasteiger partial charge is 0.242 e. The van der Waals surface area contributed by atoms with Crippen molar-refractivity contribution >= 4 is 17.2 Å². The van der Waals surface area contributed by atoms with E-state index in [4.69, 9.17) is 5.21 Å². The van der Waals surface area contributed by atoms with Crippen LogP contribution in [0.1, 0.15) is 5.69 Å². The predicted molar refractivity (Wildman–Crippen MR) is 50.1 cm³/mol. The Morgan fingerprint density at radius 3 is 3.00 bits per heavy atom. The van der Waals surface area contributed by atoms with Crippen LogP contribution in [0.3, 0.4) is 0 Å². The van der Waals surface area contributed by atoms with Crippen LogP contribution in [0.2, 0.25) is 0 Å². The molecule has 2 aromatic rings. The van der Waals surface area contributed by atoms with Crippen LogP contribution in [0.5, 0.6) is 0 Å². The molecule has 0 bridgehead atoms. The van der Waals surface area contributed by atoms with Gasteiger partial charge in [-0.2, -0.15) is 4.73 Å². The Morgan fingerprint density at radius 2 is 2.21 bits per heavy atom. The van der Waals surface area contributed by atoms with Gasteiger partial charge >= 0.3 is 0 Å². The maximum atomic E-state index is 11.4. The summed E-state index contributed by atoms with van der Waals surface area (Å²) >= 11 is 0. The normalized spacial score (nSPS) is 11.1. The summed E-state index contributed by atoms with van der Waals surface area (Å²) in [6.07, 6.45) is 2.36. The standard InChI is InChI=1S/C9H7N3O2/c13-10-5-7-6-12(14)9-4-2-1-3-8(9)11-7/h1-6,13H/b10-5+. The van der Waals surface area contributed by atoms with Crippen molar-refractivity contribution in [3.8, 4) is 0 Å². The quantitative estimate of drug-likeness (QED) is 0.235. The molecule has 1 aromatic carbocycles. The number of para-hydroxylation sites is 2. The van der Waals surface area contributed by atoms with E-state index in [9.17, 15) is 5.21 Å². The van der Waals surface area contributed by atoms with Crippen molar-refractivity contribution in [1.29, 1.82) is 0 Å². The summed E-state index contributed by atoms with van der Waals surface area (Å²) < 4.78 is 0.694. The number of rotatable bonds is 1. The number of hydrogen-bond donors (Lipinski definition) is 1. The summed E-state index contributed by atoms with van der Waals surface area (Å²) in [6, 6.07) is 6.95. The number of nitrogens with zero attached hydrogens (tertiary/aromatic N) is 3. The zero-order chi connectivity index (χ0) is 9.97. The van der Waals surface area contributed by atoms with Gasteiger partial charge in [-0.3, -0.25) is 0 Å². The first-order chi connectivity index (χ1) is 6.81. The third kappa shape index (κ3) is 1.35.